The Balaban J connectivity index is 1.41. The first-order valence-electron chi connectivity index (χ1n) is 14.1. The van der Waals surface area contributed by atoms with Crippen molar-refractivity contribution < 1.29 is 9.59 Å². The highest BCUT2D eigenvalue weighted by molar-refractivity contribution is 6.18. The molecule has 1 heterocycles. The number of nitrogen functional groups attached to an aromatic ring is 1. The third-order valence-electron chi connectivity index (χ3n) is 6.96. The van der Waals surface area contributed by atoms with Crippen molar-refractivity contribution in [3.8, 4) is 0 Å². The zero-order valence-electron chi connectivity index (χ0n) is 23.7. The lowest BCUT2D eigenvalue weighted by atomic mass is 10.0. The molecule has 0 aromatic heterocycles. The molecule has 1 aliphatic heterocycles. The maximum Gasteiger partial charge on any atom is 0.257 e. The minimum Gasteiger partial charge on any atom is -0.399 e. The average molecular weight is 527 g/mol. The summed E-state index contributed by atoms with van der Waals surface area (Å²) in [5, 5.41) is 2.92. The number of nitrogens with one attached hydrogen (secondary N) is 1. The molecule has 0 bridgehead atoms. The van der Waals surface area contributed by atoms with E-state index in [9.17, 15) is 9.59 Å². The fourth-order valence-corrected chi connectivity index (χ4v) is 5.32. The maximum absolute atomic E-state index is 13.7. The monoisotopic (exact) mass is 526 g/mol. The molecule has 39 heavy (non-hydrogen) atoms. The number of unbranched alkanes of at least 4 members (excludes halogenated alkanes) is 1. The highest BCUT2D eigenvalue weighted by Gasteiger charge is 2.29. The average Bonchev–Trinajstić information content (AvgIpc) is 3.00. The summed E-state index contributed by atoms with van der Waals surface area (Å²) in [5.41, 5.74) is 10.9. The lowest BCUT2D eigenvalue weighted by Crippen LogP contribution is -2.32. The predicted molar refractivity (Wildman–Crippen MR) is 162 cm³/mol. The van der Waals surface area contributed by atoms with Crippen molar-refractivity contribution in [3.05, 3.63) is 83.4 Å². The molecule has 0 aliphatic carbocycles. The second-order valence-electron chi connectivity index (χ2n) is 11.5. The molecular formula is C33H42N4O2. The van der Waals surface area contributed by atoms with Crippen LogP contribution in [0, 0.1) is 11.8 Å². The van der Waals surface area contributed by atoms with Crippen LogP contribution in [0.25, 0.3) is 0 Å². The first kappa shape index (κ1) is 28.4. The van der Waals surface area contributed by atoms with Crippen LogP contribution in [0.1, 0.15) is 62.0 Å². The van der Waals surface area contributed by atoms with Gasteiger partial charge in [0.1, 0.15) is 0 Å². The SMILES string of the molecule is CC(C)CN(CCCCc1ccc(CC(=O)N2c3ccccc3NC(=O)c3cc(N)ccc32)cc1)CC(C)C. The van der Waals surface area contributed by atoms with Crippen molar-refractivity contribution in [3.63, 3.8) is 0 Å². The topological polar surface area (TPSA) is 78.7 Å². The number of rotatable bonds is 11. The molecule has 4 rings (SSSR count). The number of anilines is 4. The van der Waals surface area contributed by atoms with Gasteiger partial charge in [-0.3, -0.25) is 14.5 Å². The van der Waals surface area contributed by atoms with E-state index < -0.39 is 0 Å². The molecule has 1 aliphatic rings. The molecule has 0 atom stereocenters. The first-order valence-corrected chi connectivity index (χ1v) is 14.1. The number of hydrogen-bond donors (Lipinski definition) is 2. The number of nitrogens with two attached hydrogens (primary N) is 1. The maximum atomic E-state index is 13.7. The Bertz CT molecular complexity index is 1270. The Morgan fingerprint density at radius 3 is 2.23 bits per heavy atom. The number of amides is 2. The summed E-state index contributed by atoms with van der Waals surface area (Å²) >= 11 is 0. The van der Waals surface area contributed by atoms with Gasteiger partial charge in [-0.2, -0.15) is 0 Å². The third-order valence-corrected chi connectivity index (χ3v) is 6.96. The minimum atomic E-state index is -0.277. The molecule has 206 valence electrons. The summed E-state index contributed by atoms with van der Waals surface area (Å²) in [6.07, 6.45) is 3.60. The molecule has 0 unspecified atom stereocenters. The summed E-state index contributed by atoms with van der Waals surface area (Å²) in [7, 11) is 0. The van der Waals surface area contributed by atoms with Gasteiger partial charge in [0.05, 0.1) is 29.0 Å². The molecule has 3 aromatic carbocycles. The van der Waals surface area contributed by atoms with E-state index in [1.807, 2.05) is 36.4 Å². The van der Waals surface area contributed by atoms with Gasteiger partial charge in [-0.25, -0.2) is 0 Å². The lowest BCUT2D eigenvalue weighted by molar-refractivity contribution is -0.117. The van der Waals surface area contributed by atoms with Crippen LogP contribution in [-0.4, -0.2) is 36.3 Å². The molecule has 2 amide bonds. The van der Waals surface area contributed by atoms with Gasteiger partial charge < -0.3 is 16.0 Å². The number of aryl methyl sites for hydroxylation is 1. The molecular weight excluding hydrogens is 484 g/mol. The number of hydrogen-bond acceptors (Lipinski definition) is 4. The van der Waals surface area contributed by atoms with Gasteiger partial charge in [-0.15, -0.1) is 0 Å². The van der Waals surface area contributed by atoms with Gasteiger partial charge in [0.25, 0.3) is 5.91 Å². The van der Waals surface area contributed by atoms with E-state index in [1.54, 1.807) is 23.1 Å². The summed E-state index contributed by atoms with van der Waals surface area (Å²) in [6.45, 7) is 12.6. The van der Waals surface area contributed by atoms with Gasteiger partial charge in [-0.05, 0) is 79.1 Å². The molecule has 0 saturated carbocycles. The van der Waals surface area contributed by atoms with Crippen LogP contribution < -0.4 is 16.0 Å². The van der Waals surface area contributed by atoms with E-state index in [-0.39, 0.29) is 18.2 Å². The van der Waals surface area contributed by atoms with E-state index in [2.05, 4.69) is 50.0 Å². The normalized spacial score (nSPS) is 12.9. The van der Waals surface area contributed by atoms with Gasteiger partial charge in [-0.1, -0.05) is 64.1 Å². The number of carbonyl (C=O) groups is 2. The van der Waals surface area contributed by atoms with Crippen LogP contribution in [0.4, 0.5) is 22.7 Å². The Kier molecular flexibility index (Phi) is 9.41. The molecule has 6 heteroatoms. The number of nitrogens with zero attached hydrogens (tertiary/aromatic N) is 2. The second-order valence-corrected chi connectivity index (χ2v) is 11.5. The third kappa shape index (κ3) is 7.48. The summed E-state index contributed by atoms with van der Waals surface area (Å²) in [5.74, 6) is 0.990. The largest absolute Gasteiger partial charge is 0.399 e. The van der Waals surface area contributed by atoms with Crippen molar-refractivity contribution >= 4 is 34.6 Å². The second kappa shape index (κ2) is 12.9. The molecule has 0 saturated heterocycles. The smallest absolute Gasteiger partial charge is 0.257 e. The van der Waals surface area contributed by atoms with Gasteiger partial charge in [0.2, 0.25) is 5.91 Å². The number of para-hydroxylation sites is 2. The van der Waals surface area contributed by atoms with Gasteiger partial charge in [0.15, 0.2) is 0 Å². The van der Waals surface area contributed by atoms with Crippen molar-refractivity contribution in [2.75, 3.05) is 35.6 Å². The van der Waals surface area contributed by atoms with E-state index in [4.69, 9.17) is 5.73 Å². The Morgan fingerprint density at radius 2 is 1.54 bits per heavy atom. The molecule has 0 spiro atoms. The Labute approximate surface area is 233 Å². The highest BCUT2D eigenvalue weighted by atomic mass is 16.2. The van der Waals surface area contributed by atoms with Crippen LogP contribution in [0.15, 0.2) is 66.7 Å². The summed E-state index contributed by atoms with van der Waals surface area (Å²) < 4.78 is 0. The van der Waals surface area contributed by atoms with Crippen LogP contribution in [0.3, 0.4) is 0 Å². The fourth-order valence-electron chi connectivity index (χ4n) is 5.32. The number of carbonyl (C=O) groups excluding carboxylic acids is 2. The minimum absolute atomic E-state index is 0.104. The van der Waals surface area contributed by atoms with Crippen molar-refractivity contribution in [2.45, 2.75) is 53.4 Å². The molecule has 0 radical (unpaired) electrons. The number of benzene rings is 3. The van der Waals surface area contributed by atoms with E-state index in [0.717, 1.165) is 38.0 Å². The van der Waals surface area contributed by atoms with E-state index in [0.29, 0.717) is 40.1 Å². The lowest BCUT2D eigenvalue weighted by Gasteiger charge is -2.26. The zero-order valence-corrected chi connectivity index (χ0v) is 23.7. The Morgan fingerprint density at radius 1 is 0.872 bits per heavy atom. The van der Waals surface area contributed by atoms with Gasteiger partial charge in [0, 0.05) is 18.8 Å². The quantitative estimate of drug-likeness (QED) is 0.216. The highest BCUT2D eigenvalue weighted by Crippen LogP contribution is 2.38. The van der Waals surface area contributed by atoms with Crippen LogP contribution in [-0.2, 0) is 17.6 Å². The van der Waals surface area contributed by atoms with Crippen molar-refractivity contribution in [2.24, 2.45) is 11.8 Å². The standard InChI is InChI=1S/C33H42N4O2/c1-23(2)21-36(22-24(3)4)18-8-7-9-25-12-14-26(15-13-25)19-32(38)37-30-17-16-27(34)20-28(30)33(39)35-29-10-5-6-11-31(29)37/h5-6,10-17,20,23-24H,7-9,18-19,21-22,34H2,1-4H3,(H,35,39). The van der Waals surface area contributed by atoms with E-state index >= 15 is 0 Å². The van der Waals surface area contributed by atoms with Crippen molar-refractivity contribution in [1.82, 2.24) is 4.90 Å². The van der Waals surface area contributed by atoms with Crippen LogP contribution in [0.5, 0.6) is 0 Å². The Hall–Kier alpha value is -3.64. The fraction of sp³-hybridized carbons (Fsp3) is 0.394. The summed E-state index contributed by atoms with van der Waals surface area (Å²) in [4.78, 5) is 30.8. The predicted octanol–water partition coefficient (Wildman–Crippen LogP) is 6.68. The molecule has 3 N–H and O–H groups in total. The van der Waals surface area contributed by atoms with E-state index in [1.165, 1.54) is 12.0 Å². The number of fused-ring (bicyclic) bond motifs is 2. The molecule has 6 nitrogen and oxygen atoms in total. The molecule has 0 fully saturated rings. The van der Waals surface area contributed by atoms with Crippen LogP contribution in [0.2, 0.25) is 0 Å². The first-order chi connectivity index (χ1) is 18.7. The zero-order chi connectivity index (χ0) is 27.9. The summed E-state index contributed by atoms with van der Waals surface area (Å²) in [6, 6.07) is 20.8. The van der Waals surface area contributed by atoms with Crippen LogP contribution >= 0.6 is 0 Å². The molecule has 3 aromatic rings. The van der Waals surface area contributed by atoms with Gasteiger partial charge >= 0.3 is 0 Å². The van der Waals surface area contributed by atoms with Crippen molar-refractivity contribution in [1.29, 1.82) is 0 Å².